The van der Waals surface area contributed by atoms with E-state index in [4.69, 9.17) is 4.98 Å². The van der Waals surface area contributed by atoms with Crippen molar-refractivity contribution in [2.75, 3.05) is 0 Å². The van der Waals surface area contributed by atoms with Crippen LogP contribution in [0.1, 0.15) is 60.4 Å². The molecular formula is C21H25NS. The van der Waals surface area contributed by atoms with E-state index in [1.54, 1.807) is 5.56 Å². The maximum Gasteiger partial charge on any atom is 0.0897 e. The summed E-state index contributed by atoms with van der Waals surface area (Å²) in [6.07, 6.45) is 8.41. The van der Waals surface area contributed by atoms with Gasteiger partial charge in [0.25, 0.3) is 0 Å². The molecule has 23 heavy (non-hydrogen) atoms. The second-order valence-corrected chi connectivity index (χ2v) is 9.70. The van der Waals surface area contributed by atoms with E-state index >= 15 is 0 Å². The molecule has 2 heteroatoms. The minimum atomic E-state index is 0.375. The van der Waals surface area contributed by atoms with Crippen molar-refractivity contribution in [3.8, 4) is 0 Å². The minimum Gasteiger partial charge on any atom is -0.246 e. The van der Waals surface area contributed by atoms with E-state index in [2.05, 4.69) is 43.5 Å². The van der Waals surface area contributed by atoms with Crippen molar-refractivity contribution in [3.63, 3.8) is 0 Å². The summed E-state index contributed by atoms with van der Waals surface area (Å²) in [6, 6.07) is 9.46. The largest absolute Gasteiger partial charge is 0.246 e. The SMILES string of the molecule is Cc1ccc(C23CC4CC(C2)CC(c2csc(C)n2)(C4)C3)cc1. The quantitative estimate of drug-likeness (QED) is 0.706. The summed E-state index contributed by atoms with van der Waals surface area (Å²) in [5.74, 6) is 1.83. The van der Waals surface area contributed by atoms with Crippen LogP contribution in [0.5, 0.6) is 0 Å². The minimum absolute atomic E-state index is 0.375. The molecule has 2 unspecified atom stereocenters. The second-order valence-electron chi connectivity index (χ2n) is 8.64. The first-order valence-electron chi connectivity index (χ1n) is 9.07. The maximum absolute atomic E-state index is 4.96. The molecule has 4 saturated carbocycles. The third-order valence-electron chi connectivity index (χ3n) is 6.89. The summed E-state index contributed by atoms with van der Waals surface area (Å²) in [7, 11) is 0. The van der Waals surface area contributed by atoms with E-state index in [0.29, 0.717) is 10.8 Å². The topological polar surface area (TPSA) is 12.9 Å². The van der Waals surface area contributed by atoms with Gasteiger partial charge in [-0.3, -0.25) is 0 Å². The Hall–Kier alpha value is -1.15. The molecule has 0 saturated heterocycles. The molecule has 1 aromatic carbocycles. The number of aryl methyl sites for hydroxylation is 2. The van der Waals surface area contributed by atoms with Gasteiger partial charge in [0.05, 0.1) is 10.7 Å². The number of thiazole rings is 1. The van der Waals surface area contributed by atoms with Gasteiger partial charge in [0.15, 0.2) is 0 Å². The van der Waals surface area contributed by atoms with Crippen LogP contribution in [0.4, 0.5) is 0 Å². The fraction of sp³-hybridized carbons (Fsp3) is 0.571. The number of hydrogen-bond donors (Lipinski definition) is 0. The fourth-order valence-corrected chi connectivity index (χ4v) is 7.15. The van der Waals surface area contributed by atoms with Crippen molar-refractivity contribution in [1.82, 2.24) is 4.98 Å². The Bertz CT molecular complexity index is 727. The third kappa shape index (κ3) is 2.07. The molecular weight excluding hydrogens is 298 g/mol. The lowest BCUT2D eigenvalue weighted by Crippen LogP contribution is -2.56. The first kappa shape index (κ1) is 14.2. The summed E-state index contributed by atoms with van der Waals surface area (Å²) in [6.45, 7) is 4.35. The van der Waals surface area contributed by atoms with Crippen LogP contribution in [0.2, 0.25) is 0 Å². The molecule has 2 atom stereocenters. The van der Waals surface area contributed by atoms with Crippen LogP contribution >= 0.6 is 11.3 Å². The van der Waals surface area contributed by atoms with E-state index in [1.807, 2.05) is 11.3 Å². The van der Waals surface area contributed by atoms with Crippen molar-refractivity contribution in [2.45, 2.75) is 63.2 Å². The highest BCUT2D eigenvalue weighted by Crippen LogP contribution is 2.66. The van der Waals surface area contributed by atoms with Crippen molar-refractivity contribution in [2.24, 2.45) is 11.8 Å². The summed E-state index contributed by atoms with van der Waals surface area (Å²) in [4.78, 5) is 4.96. The van der Waals surface area contributed by atoms with Crippen LogP contribution < -0.4 is 0 Å². The standard InChI is InChI=1S/C21H25NS/c1-14-3-5-18(6-4-14)20-8-16-7-17(9-20)11-21(10-16,13-20)19-12-23-15(2)22-19/h3-6,12,16-17H,7-11,13H2,1-2H3. The van der Waals surface area contributed by atoms with Gasteiger partial charge in [-0.15, -0.1) is 11.3 Å². The van der Waals surface area contributed by atoms with Crippen LogP contribution in [-0.2, 0) is 10.8 Å². The van der Waals surface area contributed by atoms with Crippen LogP contribution in [0, 0.1) is 25.7 Å². The monoisotopic (exact) mass is 323 g/mol. The molecule has 120 valence electrons. The van der Waals surface area contributed by atoms with Gasteiger partial charge in [0.1, 0.15) is 0 Å². The fourth-order valence-electron chi connectivity index (χ4n) is 6.41. The van der Waals surface area contributed by atoms with E-state index in [1.165, 1.54) is 54.8 Å². The summed E-state index contributed by atoms with van der Waals surface area (Å²) in [5, 5.41) is 3.60. The highest BCUT2D eigenvalue weighted by Gasteiger charge is 2.59. The van der Waals surface area contributed by atoms with Gasteiger partial charge in [-0.05, 0) is 75.2 Å². The van der Waals surface area contributed by atoms with E-state index < -0.39 is 0 Å². The molecule has 1 aromatic heterocycles. The molecule has 0 radical (unpaired) electrons. The van der Waals surface area contributed by atoms with Crippen molar-refractivity contribution in [1.29, 1.82) is 0 Å². The zero-order valence-electron chi connectivity index (χ0n) is 14.1. The average Bonchev–Trinajstić information content (AvgIpc) is 2.94. The normalized spacial score (nSPS) is 38.2. The lowest BCUT2D eigenvalue weighted by molar-refractivity contribution is -0.0297. The first-order chi connectivity index (χ1) is 11.1. The zero-order valence-corrected chi connectivity index (χ0v) is 15.0. The second kappa shape index (κ2) is 4.69. The molecule has 1 nitrogen and oxygen atoms in total. The highest BCUT2D eigenvalue weighted by atomic mass is 32.1. The number of nitrogens with zero attached hydrogens (tertiary/aromatic N) is 1. The highest BCUT2D eigenvalue weighted by molar-refractivity contribution is 7.09. The zero-order chi connectivity index (χ0) is 15.7. The summed E-state index contributed by atoms with van der Waals surface area (Å²) < 4.78 is 0. The average molecular weight is 324 g/mol. The van der Waals surface area contributed by atoms with Gasteiger partial charge in [-0.25, -0.2) is 4.98 Å². The molecule has 6 rings (SSSR count). The maximum atomic E-state index is 4.96. The molecule has 4 aliphatic rings. The van der Waals surface area contributed by atoms with Gasteiger partial charge < -0.3 is 0 Å². The molecule has 4 bridgehead atoms. The molecule has 0 amide bonds. The van der Waals surface area contributed by atoms with Crippen molar-refractivity contribution in [3.05, 3.63) is 51.5 Å². The van der Waals surface area contributed by atoms with E-state index in [-0.39, 0.29) is 0 Å². The van der Waals surface area contributed by atoms with Crippen LogP contribution in [0.15, 0.2) is 29.6 Å². The number of aromatic nitrogens is 1. The van der Waals surface area contributed by atoms with Crippen LogP contribution in [-0.4, -0.2) is 4.98 Å². The van der Waals surface area contributed by atoms with Crippen LogP contribution in [0.25, 0.3) is 0 Å². The smallest absolute Gasteiger partial charge is 0.0897 e. The van der Waals surface area contributed by atoms with Gasteiger partial charge >= 0.3 is 0 Å². The Morgan fingerprint density at radius 2 is 1.61 bits per heavy atom. The Balaban J connectivity index is 1.61. The summed E-state index contributed by atoms with van der Waals surface area (Å²) >= 11 is 1.84. The summed E-state index contributed by atoms with van der Waals surface area (Å²) in [5.41, 5.74) is 5.21. The Morgan fingerprint density at radius 1 is 0.957 bits per heavy atom. The molecule has 0 spiro atoms. The van der Waals surface area contributed by atoms with Crippen molar-refractivity contribution >= 4 is 11.3 Å². The van der Waals surface area contributed by atoms with E-state index in [9.17, 15) is 0 Å². The first-order valence-corrected chi connectivity index (χ1v) is 9.95. The Morgan fingerprint density at radius 3 is 2.22 bits per heavy atom. The lowest BCUT2D eigenvalue weighted by Gasteiger charge is -2.62. The van der Waals surface area contributed by atoms with Crippen molar-refractivity contribution < 1.29 is 0 Å². The third-order valence-corrected chi connectivity index (χ3v) is 7.66. The molecule has 4 fully saturated rings. The van der Waals surface area contributed by atoms with Crippen LogP contribution in [0.3, 0.4) is 0 Å². The number of rotatable bonds is 2. The number of hydrogen-bond acceptors (Lipinski definition) is 2. The van der Waals surface area contributed by atoms with Gasteiger partial charge in [0, 0.05) is 10.8 Å². The van der Waals surface area contributed by atoms with E-state index in [0.717, 1.165) is 11.8 Å². The molecule has 4 aliphatic carbocycles. The molecule has 0 N–H and O–H groups in total. The van der Waals surface area contributed by atoms with Gasteiger partial charge in [-0.2, -0.15) is 0 Å². The Kier molecular flexibility index (Phi) is 2.90. The molecule has 1 heterocycles. The Labute approximate surface area is 143 Å². The lowest BCUT2D eigenvalue weighted by atomic mass is 9.42. The predicted molar refractivity (Wildman–Crippen MR) is 96.1 cm³/mol. The van der Waals surface area contributed by atoms with Gasteiger partial charge in [0.2, 0.25) is 0 Å². The number of benzene rings is 1. The molecule has 0 aliphatic heterocycles. The predicted octanol–water partition coefficient (Wildman–Crippen LogP) is 5.55. The molecule has 2 aromatic rings. The van der Waals surface area contributed by atoms with Gasteiger partial charge in [-0.1, -0.05) is 29.8 Å².